The monoisotopic (exact) mass is 243 g/mol. The number of nitrogens with zero attached hydrogens (tertiary/aromatic N) is 2. The van der Waals surface area contributed by atoms with Gasteiger partial charge in [0.25, 0.3) is 0 Å². The van der Waals surface area contributed by atoms with Gasteiger partial charge in [-0.05, 0) is 23.8 Å². The van der Waals surface area contributed by atoms with Crippen LogP contribution < -0.4 is 10.1 Å². The molecular weight excluding hydrogens is 226 g/mol. The topological polar surface area (TPSA) is 47.0 Å². The van der Waals surface area contributed by atoms with E-state index >= 15 is 0 Å². The summed E-state index contributed by atoms with van der Waals surface area (Å²) in [4.78, 5) is 8.18. The fourth-order valence-electron chi connectivity index (χ4n) is 1.47. The fraction of sp³-hybridized carbons (Fsp3) is 0.286. The van der Waals surface area contributed by atoms with Crippen LogP contribution in [0.25, 0.3) is 0 Å². The molecule has 0 spiro atoms. The number of rotatable bonds is 5. The van der Waals surface area contributed by atoms with Crippen molar-refractivity contribution < 1.29 is 4.74 Å². The van der Waals surface area contributed by atoms with E-state index in [-0.39, 0.29) is 0 Å². The summed E-state index contributed by atoms with van der Waals surface area (Å²) >= 11 is 0. The molecule has 0 unspecified atom stereocenters. The van der Waals surface area contributed by atoms with Crippen molar-refractivity contribution in [1.82, 2.24) is 15.3 Å². The van der Waals surface area contributed by atoms with Gasteiger partial charge in [-0.2, -0.15) is 0 Å². The summed E-state index contributed by atoms with van der Waals surface area (Å²) in [5.41, 5.74) is 1.15. The number of aromatic nitrogens is 2. The molecule has 0 amide bonds. The molecule has 0 aromatic carbocycles. The lowest BCUT2D eigenvalue weighted by atomic mass is 10.2. The first-order valence-corrected chi connectivity index (χ1v) is 6.00. The quantitative estimate of drug-likeness (QED) is 0.877. The molecule has 4 nitrogen and oxygen atoms in total. The molecule has 2 rings (SSSR count). The summed E-state index contributed by atoms with van der Waals surface area (Å²) in [5, 5.41) is 3.36. The van der Waals surface area contributed by atoms with Crippen LogP contribution in [0.5, 0.6) is 11.6 Å². The summed E-state index contributed by atoms with van der Waals surface area (Å²) in [6.45, 7) is 5.05. The Bertz CT molecular complexity index is 485. The maximum Gasteiger partial charge on any atom is 0.219 e. The molecule has 0 saturated carbocycles. The summed E-state index contributed by atoms with van der Waals surface area (Å²) < 4.78 is 5.62. The fourth-order valence-corrected chi connectivity index (χ4v) is 1.47. The molecule has 0 aliphatic rings. The molecule has 2 aromatic heterocycles. The molecule has 1 N–H and O–H groups in total. The van der Waals surface area contributed by atoms with Crippen molar-refractivity contribution in [3.8, 4) is 11.6 Å². The van der Waals surface area contributed by atoms with Gasteiger partial charge in [-0.25, -0.2) is 4.98 Å². The van der Waals surface area contributed by atoms with E-state index in [0.29, 0.717) is 17.7 Å². The Morgan fingerprint density at radius 3 is 2.89 bits per heavy atom. The van der Waals surface area contributed by atoms with Gasteiger partial charge >= 0.3 is 0 Å². The van der Waals surface area contributed by atoms with Gasteiger partial charge in [0.05, 0.1) is 6.20 Å². The number of nitrogens with one attached hydrogen (secondary N) is 1. The molecule has 0 radical (unpaired) electrons. The summed E-state index contributed by atoms with van der Waals surface area (Å²) in [6, 6.07) is 8.06. The van der Waals surface area contributed by atoms with Crippen LogP contribution in [0.4, 0.5) is 0 Å². The lowest BCUT2D eigenvalue weighted by Crippen LogP contribution is -2.21. The highest BCUT2D eigenvalue weighted by Crippen LogP contribution is 2.18. The Kier molecular flexibility index (Phi) is 4.25. The van der Waals surface area contributed by atoms with Gasteiger partial charge in [0.2, 0.25) is 5.88 Å². The van der Waals surface area contributed by atoms with Crippen LogP contribution in [-0.4, -0.2) is 16.0 Å². The average Bonchev–Trinajstić information content (AvgIpc) is 2.38. The van der Waals surface area contributed by atoms with Crippen molar-refractivity contribution in [2.75, 3.05) is 0 Å². The predicted molar refractivity (Wildman–Crippen MR) is 70.5 cm³/mol. The molecule has 18 heavy (non-hydrogen) atoms. The lowest BCUT2D eigenvalue weighted by molar-refractivity contribution is 0.459. The smallest absolute Gasteiger partial charge is 0.219 e. The van der Waals surface area contributed by atoms with E-state index in [0.717, 1.165) is 12.1 Å². The Labute approximate surface area is 107 Å². The third-order valence-electron chi connectivity index (χ3n) is 2.37. The Balaban J connectivity index is 2.03. The van der Waals surface area contributed by atoms with E-state index in [4.69, 9.17) is 4.74 Å². The van der Waals surface area contributed by atoms with Crippen LogP contribution in [0.3, 0.4) is 0 Å². The van der Waals surface area contributed by atoms with Crippen molar-refractivity contribution in [3.05, 3.63) is 48.4 Å². The maximum absolute atomic E-state index is 5.62. The molecule has 0 fully saturated rings. The first-order valence-electron chi connectivity index (χ1n) is 6.00. The molecule has 0 saturated heterocycles. The van der Waals surface area contributed by atoms with Gasteiger partial charge in [0.1, 0.15) is 5.75 Å². The molecule has 0 bridgehead atoms. The van der Waals surface area contributed by atoms with Crippen molar-refractivity contribution in [2.24, 2.45) is 0 Å². The van der Waals surface area contributed by atoms with Crippen molar-refractivity contribution >= 4 is 0 Å². The van der Waals surface area contributed by atoms with E-state index in [1.54, 1.807) is 18.6 Å². The Morgan fingerprint density at radius 2 is 2.17 bits per heavy atom. The second-order valence-corrected chi connectivity index (χ2v) is 4.33. The Hall–Kier alpha value is -1.94. The van der Waals surface area contributed by atoms with Crippen molar-refractivity contribution in [2.45, 2.75) is 26.4 Å². The largest absolute Gasteiger partial charge is 0.437 e. The van der Waals surface area contributed by atoms with E-state index in [9.17, 15) is 0 Å². The third kappa shape index (κ3) is 3.82. The molecular formula is C14H17N3O. The highest BCUT2D eigenvalue weighted by molar-refractivity contribution is 5.26. The minimum absolute atomic E-state index is 0.459. The molecule has 0 atom stereocenters. The predicted octanol–water partition coefficient (Wildman–Crippen LogP) is 2.77. The highest BCUT2D eigenvalue weighted by Gasteiger charge is 2.01. The van der Waals surface area contributed by atoms with Gasteiger partial charge in [-0.1, -0.05) is 13.8 Å². The molecule has 4 heteroatoms. The van der Waals surface area contributed by atoms with E-state index in [2.05, 4.69) is 29.1 Å². The first kappa shape index (κ1) is 12.5. The summed E-state index contributed by atoms with van der Waals surface area (Å²) in [5.74, 6) is 1.28. The summed E-state index contributed by atoms with van der Waals surface area (Å²) in [6.07, 6.45) is 5.13. The molecule has 0 aliphatic carbocycles. The molecule has 2 heterocycles. The zero-order chi connectivity index (χ0) is 12.8. The molecule has 2 aromatic rings. The van der Waals surface area contributed by atoms with Gasteiger partial charge in [0.15, 0.2) is 0 Å². The van der Waals surface area contributed by atoms with Crippen LogP contribution in [0.1, 0.15) is 19.4 Å². The van der Waals surface area contributed by atoms with E-state index < -0.39 is 0 Å². The number of hydrogen-bond donors (Lipinski definition) is 1. The van der Waals surface area contributed by atoms with Gasteiger partial charge in [-0.15, -0.1) is 0 Å². The van der Waals surface area contributed by atoms with Crippen LogP contribution in [-0.2, 0) is 6.54 Å². The van der Waals surface area contributed by atoms with E-state index in [1.807, 2.05) is 24.3 Å². The number of hydrogen-bond acceptors (Lipinski definition) is 4. The third-order valence-corrected chi connectivity index (χ3v) is 2.37. The van der Waals surface area contributed by atoms with Crippen LogP contribution in [0.2, 0.25) is 0 Å². The second kappa shape index (κ2) is 6.12. The van der Waals surface area contributed by atoms with Crippen molar-refractivity contribution in [1.29, 1.82) is 0 Å². The highest BCUT2D eigenvalue weighted by atomic mass is 16.5. The summed E-state index contributed by atoms with van der Waals surface area (Å²) in [7, 11) is 0. The first-order chi connectivity index (χ1) is 8.74. The average molecular weight is 243 g/mol. The van der Waals surface area contributed by atoms with Crippen LogP contribution in [0.15, 0.2) is 42.9 Å². The van der Waals surface area contributed by atoms with Gasteiger partial charge in [-0.3, -0.25) is 4.98 Å². The molecule has 0 aliphatic heterocycles. The number of ether oxygens (including phenoxy) is 1. The van der Waals surface area contributed by atoms with Gasteiger partial charge in [0, 0.05) is 31.0 Å². The Morgan fingerprint density at radius 1 is 1.28 bits per heavy atom. The maximum atomic E-state index is 5.62. The SMILES string of the molecule is CC(C)NCc1ccnc(Oc2cccnc2)c1. The minimum atomic E-state index is 0.459. The zero-order valence-electron chi connectivity index (χ0n) is 10.6. The minimum Gasteiger partial charge on any atom is -0.437 e. The standard InChI is InChI=1S/C14H17N3O/c1-11(2)17-9-12-5-7-16-14(8-12)18-13-4-3-6-15-10-13/h3-8,10-11,17H,9H2,1-2H3. The zero-order valence-corrected chi connectivity index (χ0v) is 10.6. The van der Waals surface area contributed by atoms with Crippen molar-refractivity contribution in [3.63, 3.8) is 0 Å². The van der Waals surface area contributed by atoms with Crippen LogP contribution in [0, 0.1) is 0 Å². The number of pyridine rings is 2. The van der Waals surface area contributed by atoms with Gasteiger partial charge < -0.3 is 10.1 Å². The molecule has 94 valence electrons. The van der Waals surface area contributed by atoms with E-state index in [1.165, 1.54) is 0 Å². The second-order valence-electron chi connectivity index (χ2n) is 4.33. The lowest BCUT2D eigenvalue weighted by Gasteiger charge is -2.09. The van der Waals surface area contributed by atoms with Crippen LogP contribution >= 0.6 is 0 Å². The normalized spacial score (nSPS) is 10.6.